The van der Waals surface area contributed by atoms with Crippen LogP contribution < -0.4 is 0 Å². The van der Waals surface area contributed by atoms with Crippen LogP contribution in [0.1, 0.15) is 201 Å². The molecule has 0 aromatic carbocycles. The van der Waals surface area contributed by atoms with Gasteiger partial charge in [0.05, 0.1) is 0 Å². The van der Waals surface area contributed by atoms with Crippen LogP contribution in [0, 0.1) is 0 Å². The number of unbranched alkanes of at least 4 members (excludes halogenated alkanes) is 9. The van der Waals surface area contributed by atoms with Gasteiger partial charge in [-0.05, 0) is 122 Å². The van der Waals surface area contributed by atoms with Crippen LogP contribution in [0.3, 0.4) is 0 Å². The molecule has 0 aromatic heterocycles. The lowest BCUT2D eigenvalue weighted by Gasteiger charge is -2.18. The van der Waals surface area contributed by atoms with E-state index >= 15 is 0 Å². The van der Waals surface area contributed by atoms with Crippen LogP contribution in [-0.2, 0) is 28.6 Å². The van der Waals surface area contributed by atoms with Gasteiger partial charge in [0.15, 0.2) is 6.10 Å². The van der Waals surface area contributed by atoms with Crippen LogP contribution in [0.2, 0.25) is 0 Å². The van der Waals surface area contributed by atoms with E-state index in [2.05, 4.69) is 179 Å². The van der Waals surface area contributed by atoms with Crippen LogP contribution in [0.5, 0.6) is 0 Å². The van der Waals surface area contributed by atoms with Gasteiger partial charge in [-0.3, -0.25) is 14.4 Å². The van der Waals surface area contributed by atoms with Crippen molar-refractivity contribution in [3.8, 4) is 0 Å². The Morgan fingerprint density at radius 1 is 0.304 bits per heavy atom. The summed E-state index contributed by atoms with van der Waals surface area (Å²) in [6.45, 7) is 6.25. The zero-order valence-corrected chi connectivity index (χ0v) is 43.8. The second-order valence-electron chi connectivity index (χ2n) is 17.0. The third kappa shape index (κ3) is 53.8. The molecule has 69 heavy (non-hydrogen) atoms. The maximum Gasteiger partial charge on any atom is 0.306 e. The lowest BCUT2D eigenvalue weighted by atomic mass is 10.1. The molecule has 0 heterocycles. The normalized spacial score (nSPS) is 13.4. The summed E-state index contributed by atoms with van der Waals surface area (Å²) in [4.78, 5) is 37.8. The predicted octanol–water partition coefficient (Wildman–Crippen LogP) is 18.2. The summed E-state index contributed by atoms with van der Waals surface area (Å²) in [5.41, 5.74) is 0. The SMILES string of the molecule is CC/C=C\C/C=C\C/C=C\C/C=C\C/C=C\C/C=C\C/C=C\C/C=C\C/C=C\CCCC(=O)OCC(COC(=O)CCCCCCCCC)OC(=O)CCCC/C=C\C/C=C\C/C=C\C/C=C\CC. The summed E-state index contributed by atoms with van der Waals surface area (Å²) in [5.74, 6) is -1.04. The number of carbonyl (C=O) groups excluding carboxylic acids is 3. The van der Waals surface area contributed by atoms with Gasteiger partial charge in [0.25, 0.3) is 0 Å². The number of hydrogen-bond acceptors (Lipinski definition) is 6. The first-order valence-corrected chi connectivity index (χ1v) is 27.0. The monoisotopic (exact) mass is 949 g/mol. The van der Waals surface area contributed by atoms with Crippen molar-refractivity contribution in [3.05, 3.63) is 158 Å². The van der Waals surface area contributed by atoms with Crippen LogP contribution in [-0.4, -0.2) is 37.2 Å². The van der Waals surface area contributed by atoms with Crippen LogP contribution >= 0.6 is 0 Å². The van der Waals surface area contributed by atoms with E-state index in [4.69, 9.17) is 14.2 Å². The Hall–Kier alpha value is -4.97. The van der Waals surface area contributed by atoms with Crippen molar-refractivity contribution in [3.63, 3.8) is 0 Å². The smallest absolute Gasteiger partial charge is 0.306 e. The van der Waals surface area contributed by atoms with Crippen molar-refractivity contribution in [1.82, 2.24) is 0 Å². The molecule has 0 bridgehead atoms. The summed E-state index contributed by atoms with van der Waals surface area (Å²) in [6.07, 6.45) is 81.2. The minimum absolute atomic E-state index is 0.119. The Bertz CT molecular complexity index is 1610. The summed E-state index contributed by atoms with van der Waals surface area (Å²) >= 11 is 0. The van der Waals surface area contributed by atoms with E-state index in [1.54, 1.807) is 0 Å². The van der Waals surface area contributed by atoms with Crippen molar-refractivity contribution in [1.29, 1.82) is 0 Å². The van der Waals surface area contributed by atoms with Gasteiger partial charge in [-0.1, -0.05) is 217 Å². The number of carbonyl (C=O) groups is 3. The van der Waals surface area contributed by atoms with Gasteiger partial charge in [-0.15, -0.1) is 0 Å². The lowest BCUT2D eigenvalue weighted by molar-refractivity contribution is -0.167. The van der Waals surface area contributed by atoms with Crippen molar-refractivity contribution in [2.45, 2.75) is 207 Å². The van der Waals surface area contributed by atoms with Gasteiger partial charge < -0.3 is 14.2 Å². The molecule has 0 saturated carbocycles. The minimum Gasteiger partial charge on any atom is -0.462 e. The fourth-order valence-electron chi connectivity index (χ4n) is 6.55. The standard InChI is InChI=1S/C63H96O6/c1-4-7-10-13-16-18-20-22-24-25-26-27-28-29-30-31-32-33-34-35-36-37-39-40-42-44-47-50-53-56-62(65)68-59-60(58-67-61(64)55-52-49-46-15-12-9-6-3)69-63(66)57-54-51-48-45-43-41-38-23-21-19-17-14-11-8-5-2/h7-8,10-11,16-19,22-24,26-27,29-30,32-33,35-36,38-40,43-45,47,60H,4-6,9,12-15,20-21,25,28,31,34,37,41-42,46,48-59H2,1-3H3/b10-7-,11-8-,18-16-,19-17-,24-22-,27-26-,30-29-,33-32-,36-35-,38-23-,40-39-,45-43-,47-44-. The zero-order valence-electron chi connectivity index (χ0n) is 43.8. The van der Waals surface area contributed by atoms with E-state index < -0.39 is 6.10 Å². The number of esters is 3. The molecule has 0 amide bonds. The molecule has 0 fully saturated rings. The first-order chi connectivity index (χ1) is 34.0. The molecule has 6 heteroatoms. The Balaban J connectivity index is 4.38. The Morgan fingerprint density at radius 3 is 0.942 bits per heavy atom. The largest absolute Gasteiger partial charge is 0.462 e. The molecule has 0 aliphatic heterocycles. The van der Waals surface area contributed by atoms with Gasteiger partial charge in [-0.2, -0.15) is 0 Å². The zero-order chi connectivity index (χ0) is 50.0. The molecule has 0 N–H and O–H groups in total. The molecule has 384 valence electrons. The predicted molar refractivity (Wildman–Crippen MR) is 297 cm³/mol. The fourth-order valence-corrected chi connectivity index (χ4v) is 6.55. The van der Waals surface area contributed by atoms with Crippen LogP contribution in [0.15, 0.2) is 158 Å². The third-order valence-corrected chi connectivity index (χ3v) is 10.5. The van der Waals surface area contributed by atoms with Crippen molar-refractivity contribution < 1.29 is 28.6 Å². The van der Waals surface area contributed by atoms with Crippen molar-refractivity contribution in [2.75, 3.05) is 13.2 Å². The molecule has 0 spiro atoms. The Kier molecular flexibility index (Phi) is 51.6. The van der Waals surface area contributed by atoms with E-state index in [9.17, 15) is 14.4 Å². The highest BCUT2D eigenvalue weighted by atomic mass is 16.6. The van der Waals surface area contributed by atoms with Gasteiger partial charge in [0.2, 0.25) is 0 Å². The van der Waals surface area contributed by atoms with Crippen molar-refractivity contribution >= 4 is 17.9 Å². The maximum atomic E-state index is 12.7. The fraction of sp³-hybridized carbons (Fsp3) is 0.540. The molecule has 1 unspecified atom stereocenters. The quantitative estimate of drug-likeness (QED) is 0.0262. The molecule has 1 atom stereocenters. The van der Waals surface area contributed by atoms with E-state index in [1.807, 2.05) is 0 Å². The number of allylic oxidation sites excluding steroid dienone is 26. The summed E-state index contributed by atoms with van der Waals surface area (Å²) in [7, 11) is 0. The van der Waals surface area contributed by atoms with Crippen molar-refractivity contribution in [2.24, 2.45) is 0 Å². The summed E-state index contributed by atoms with van der Waals surface area (Å²) in [5, 5.41) is 0. The molecule has 0 aliphatic rings. The van der Waals surface area contributed by atoms with Gasteiger partial charge >= 0.3 is 17.9 Å². The average molecular weight is 949 g/mol. The molecule has 0 aromatic rings. The number of rotatable bonds is 46. The van der Waals surface area contributed by atoms with Crippen LogP contribution in [0.25, 0.3) is 0 Å². The third-order valence-electron chi connectivity index (χ3n) is 10.5. The number of hydrogen-bond donors (Lipinski definition) is 0. The highest BCUT2D eigenvalue weighted by Gasteiger charge is 2.19. The Morgan fingerprint density at radius 2 is 0.580 bits per heavy atom. The number of ether oxygens (including phenoxy) is 3. The lowest BCUT2D eigenvalue weighted by Crippen LogP contribution is -2.30. The second-order valence-corrected chi connectivity index (χ2v) is 17.0. The Labute approximate surface area is 422 Å². The molecule has 0 rings (SSSR count). The molecular weight excluding hydrogens is 853 g/mol. The maximum absolute atomic E-state index is 12.7. The minimum atomic E-state index is -0.827. The van der Waals surface area contributed by atoms with E-state index in [0.29, 0.717) is 19.3 Å². The highest BCUT2D eigenvalue weighted by Crippen LogP contribution is 2.11. The first-order valence-electron chi connectivity index (χ1n) is 27.0. The first kappa shape index (κ1) is 64.0. The molecule has 6 nitrogen and oxygen atoms in total. The van der Waals surface area contributed by atoms with E-state index in [0.717, 1.165) is 122 Å². The summed E-state index contributed by atoms with van der Waals surface area (Å²) in [6, 6.07) is 0. The molecule has 0 saturated heterocycles. The molecular formula is C63H96O6. The topological polar surface area (TPSA) is 78.9 Å². The van der Waals surface area contributed by atoms with E-state index in [-0.39, 0.29) is 44.0 Å². The molecule has 0 radical (unpaired) electrons. The van der Waals surface area contributed by atoms with Gasteiger partial charge in [0, 0.05) is 19.3 Å². The average Bonchev–Trinajstić information content (AvgIpc) is 3.35. The second kappa shape index (κ2) is 55.6. The van der Waals surface area contributed by atoms with E-state index in [1.165, 1.54) is 25.7 Å². The molecule has 0 aliphatic carbocycles. The van der Waals surface area contributed by atoms with Crippen LogP contribution in [0.4, 0.5) is 0 Å². The van der Waals surface area contributed by atoms with Gasteiger partial charge in [-0.25, -0.2) is 0 Å². The summed E-state index contributed by atoms with van der Waals surface area (Å²) < 4.78 is 16.6. The highest BCUT2D eigenvalue weighted by molar-refractivity contribution is 5.71. The van der Waals surface area contributed by atoms with Gasteiger partial charge in [0.1, 0.15) is 13.2 Å².